The Morgan fingerprint density at radius 2 is 1.85 bits per heavy atom. The Labute approximate surface area is 156 Å². The van der Waals surface area contributed by atoms with Gasteiger partial charge in [0.05, 0.1) is 9.80 Å². The highest BCUT2D eigenvalue weighted by atomic mass is 32.1. The van der Waals surface area contributed by atoms with Gasteiger partial charge >= 0.3 is 6.03 Å². The van der Waals surface area contributed by atoms with Gasteiger partial charge in [0, 0.05) is 24.5 Å². The first kappa shape index (κ1) is 18.4. The number of Topliss-reactive ketones (excluding diaryl/α,β-unsaturated/α-hetero) is 1. The van der Waals surface area contributed by atoms with Crippen molar-refractivity contribution in [1.29, 1.82) is 0 Å². The predicted octanol–water partition coefficient (Wildman–Crippen LogP) is 2.00. The fourth-order valence-electron chi connectivity index (χ4n) is 2.93. The minimum Gasteiger partial charge on any atom is -0.293 e. The Morgan fingerprint density at radius 3 is 2.44 bits per heavy atom. The number of thiophene rings is 1. The van der Waals surface area contributed by atoms with Crippen LogP contribution >= 0.6 is 11.3 Å². The molecule has 0 spiro atoms. The molecule has 1 aliphatic heterocycles. The van der Waals surface area contributed by atoms with Crippen molar-refractivity contribution < 1.29 is 24.1 Å². The number of non-ortho nitro benzene ring substituents is 1. The molecule has 1 aliphatic rings. The van der Waals surface area contributed by atoms with E-state index in [1.165, 1.54) is 35.6 Å². The van der Waals surface area contributed by atoms with Crippen LogP contribution in [-0.2, 0) is 9.59 Å². The highest BCUT2D eigenvalue weighted by Gasteiger charge is 2.42. The summed E-state index contributed by atoms with van der Waals surface area (Å²) in [6.45, 7) is 0. The fourth-order valence-corrected chi connectivity index (χ4v) is 3.61. The SMILES string of the molecule is O=C1NC(=O)C([C@@H](CC(=O)c2cccs2)c2cccc([N+](=O)[O-])c2)C(=O)N1. The molecule has 27 heavy (non-hydrogen) atoms. The second-order valence-electron chi connectivity index (χ2n) is 5.85. The van der Waals surface area contributed by atoms with E-state index in [9.17, 15) is 29.3 Å². The molecule has 2 N–H and O–H groups in total. The zero-order chi connectivity index (χ0) is 19.6. The number of nitro groups is 1. The van der Waals surface area contributed by atoms with Crippen molar-refractivity contribution >= 4 is 40.7 Å². The number of nitrogens with one attached hydrogen (secondary N) is 2. The molecule has 2 aromatic rings. The Bertz CT molecular complexity index is 920. The van der Waals surface area contributed by atoms with Gasteiger partial charge in [0.15, 0.2) is 5.78 Å². The second kappa shape index (κ2) is 7.46. The lowest BCUT2D eigenvalue weighted by Gasteiger charge is -2.28. The average Bonchev–Trinajstić information content (AvgIpc) is 3.14. The summed E-state index contributed by atoms with van der Waals surface area (Å²) in [5.74, 6) is -4.33. The van der Waals surface area contributed by atoms with E-state index < -0.39 is 34.6 Å². The van der Waals surface area contributed by atoms with Gasteiger partial charge in [-0.1, -0.05) is 18.2 Å². The molecule has 4 amide bonds. The summed E-state index contributed by atoms with van der Waals surface area (Å²) in [5.41, 5.74) is 0.0625. The molecule has 0 saturated carbocycles. The van der Waals surface area contributed by atoms with Gasteiger partial charge in [-0.05, 0) is 17.0 Å². The lowest BCUT2D eigenvalue weighted by molar-refractivity contribution is -0.384. The number of rotatable bonds is 6. The second-order valence-corrected chi connectivity index (χ2v) is 6.80. The minimum absolute atomic E-state index is 0.221. The van der Waals surface area contributed by atoms with Crippen molar-refractivity contribution in [2.24, 2.45) is 5.92 Å². The van der Waals surface area contributed by atoms with Crippen LogP contribution in [-0.4, -0.2) is 28.6 Å². The van der Waals surface area contributed by atoms with Crippen molar-refractivity contribution in [3.63, 3.8) is 0 Å². The highest BCUT2D eigenvalue weighted by Crippen LogP contribution is 2.33. The van der Waals surface area contributed by atoms with Crippen LogP contribution in [0.1, 0.15) is 27.6 Å². The fraction of sp³-hybridized carbons (Fsp3) is 0.176. The molecule has 0 unspecified atom stereocenters. The van der Waals surface area contributed by atoms with Crippen LogP contribution in [0.4, 0.5) is 10.5 Å². The van der Waals surface area contributed by atoms with Crippen LogP contribution in [0.5, 0.6) is 0 Å². The summed E-state index contributed by atoms with van der Waals surface area (Å²) in [4.78, 5) is 59.4. The lowest BCUT2D eigenvalue weighted by Crippen LogP contribution is -2.57. The summed E-state index contributed by atoms with van der Waals surface area (Å²) < 4.78 is 0. The predicted molar refractivity (Wildman–Crippen MR) is 94.3 cm³/mol. The number of hydrogen-bond donors (Lipinski definition) is 2. The van der Waals surface area contributed by atoms with Gasteiger partial charge in [0.1, 0.15) is 5.92 Å². The number of benzene rings is 1. The smallest absolute Gasteiger partial charge is 0.293 e. The van der Waals surface area contributed by atoms with Gasteiger partial charge in [-0.3, -0.25) is 35.1 Å². The molecule has 10 heteroatoms. The first-order chi connectivity index (χ1) is 12.9. The summed E-state index contributed by atoms with van der Waals surface area (Å²) in [7, 11) is 0. The van der Waals surface area contributed by atoms with Crippen LogP contribution in [0.25, 0.3) is 0 Å². The van der Waals surface area contributed by atoms with Crippen molar-refractivity contribution in [2.45, 2.75) is 12.3 Å². The van der Waals surface area contributed by atoms with E-state index >= 15 is 0 Å². The molecule has 1 aromatic carbocycles. The number of carbonyl (C=O) groups is 4. The van der Waals surface area contributed by atoms with Gasteiger partial charge in [0.2, 0.25) is 11.8 Å². The van der Waals surface area contributed by atoms with Gasteiger partial charge in [-0.15, -0.1) is 11.3 Å². The molecule has 0 aliphatic carbocycles. The summed E-state index contributed by atoms with van der Waals surface area (Å²) in [6.07, 6.45) is -0.221. The first-order valence-corrected chi connectivity index (χ1v) is 8.71. The van der Waals surface area contributed by atoms with E-state index in [1.807, 2.05) is 10.6 Å². The number of urea groups is 1. The molecule has 138 valence electrons. The molecule has 0 radical (unpaired) electrons. The molecule has 1 fully saturated rings. The van der Waals surface area contributed by atoms with Crippen LogP contribution < -0.4 is 10.6 Å². The van der Waals surface area contributed by atoms with Crippen LogP contribution in [0.3, 0.4) is 0 Å². The zero-order valence-electron chi connectivity index (χ0n) is 13.7. The van der Waals surface area contributed by atoms with Crippen molar-refractivity contribution in [1.82, 2.24) is 10.6 Å². The third-order valence-electron chi connectivity index (χ3n) is 4.15. The Kier molecular flexibility index (Phi) is 5.08. The number of ketones is 1. The van der Waals surface area contributed by atoms with Crippen molar-refractivity contribution in [2.75, 3.05) is 0 Å². The number of barbiturate groups is 1. The molecule has 0 bridgehead atoms. The molecule has 9 nitrogen and oxygen atoms in total. The minimum atomic E-state index is -1.37. The molecule has 1 aromatic heterocycles. The number of imide groups is 2. The zero-order valence-corrected chi connectivity index (χ0v) is 14.5. The van der Waals surface area contributed by atoms with E-state index in [0.717, 1.165) is 0 Å². The van der Waals surface area contributed by atoms with E-state index in [-0.39, 0.29) is 17.9 Å². The molecule has 3 rings (SSSR count). The molecule has 1 saturated heterocycles. The van der Waals surface area contributed by atoms with E-state index in [0.29, 0.717) is 10.4 Å². The summed E-state index contributed by atoms with van der Waals surface area (Å²) in [6, 6.07) is 7.79. The Balaban J connectivity index is 2.00. The lowest BCUT2D eigenvalue weighted by atomic mass is 9.80. The van der Waals surface area contributed by atoms with Crippen LogP contribution in [0.2, 0.25) is 0 Å². The van der Waals surface area contributed by atoms with Gasteiger partial charge in [-0.25, -0.2) is 4.79 Å². The highest BCUT2D eigenvalue weighted by molar-refractivity contribution is 7.12. The van der Waals surface area contributed by atoms with E-state index in [2.05, 4.69) is 0 Å². The number of nitro benzene ring substituents is 1. The third kappa shape index (κ3) is 3.90. The summed E-state index contributed by atoms with van der Waals surface area (Å²) in [5, 5.41) is 16.8. The third-order valence-corrected chi connectivity index (χ3v) is 5.06. The van der Waals surface area contributed by atoms with E-state index in [4.69, 9.17) is 0 Å². The number of hydrogen-bond acceptors (Lipinski definition) is 7. The number of amides is 4. The van der Waals surface area contributed by atoms with Gasteiger partial charge in [0.25, 0.3) is 5.69 Å². The maximum atomic E-state index is 12.6. The molecule has 1 atom stereocenters. The maximum absolute atomic E-state index is 12.6. The normalized spacial score (nSPS) is 15.8. The largest absolute Gasteiger partial charge is 0.328 e. The summed E-state index contributed by atoms with van der Waals surface area (Å²) >= 11 is 1.21. The molecular formula is C17H13N3O6S. The number of carbonyl (C=O) groups excluding carboxylic acids is 4. The quantitative estimate of drug-likeness (QED) is 0.337. The Morgan fingerprint density at radius 1 is 1.15 bits per heavy atom. The average molecular weight is 387 g/mol. The monoisotopic (exact) mass is 387 g/mol. The van der Waals surface area contributed by atoms with Crippen LogP contribution in [0, 0.1) is 16.0 Å². The Hall–Kier alpha value is -3.40. The van der Waals surface area contributed by atoms with E-state index in [1.54, 1.807) is 17.5 Å². The van der Waals surface area contributed by atoms with Crippen molar-refractivity contribution in [3.05, 3.63) is 62.3 Å². The van der Waals surface area contributed by atoms with Crippen molar-refractivity contribution in [3.8, 4) is 0 Å². The first-order valence-electron chi connectivity index (χ1n) is 7.83. The topological polar surface area (TPSA) is 135 Å². The maximum Gasteiger partial charge on any atom is 0.328 e. The van der Waals surface area contributed by atoms with Gasteiger partial charge in [-0.2, -0.15) is 0 Å². The number of nitrogens with zero attached hydrogens (tertiary/aromatic N) is 1. The van der Waals surface area contributed by atoms with Gasteiger partial charge < -0.3 is 0 Å². The molecule has 2 heterocycles. The van der Waals surface area contributed by atoms with Crippen LogP contribution in [0.15, 0.2) is 41.8 Å². The standard InChI is InChI=1S/C17H13N3O6S/c21-12(13-5-2-6-27-13)8-11(9-3-1-4-10(7-9)20(25)26)14-15(22)18-17(24)19-16(14)23/h1-7,11,14H,8H2,(H2,18,19,22,23,24)/t11-/m0/s1. The molecular weight excluding hydrogens is 374 g/mol.